The van der Waals surface area contributed by atoms with E-state index in [2.05, 4.69) is 35.7 Å². The molecule has 3 heteroatoms. The zero-order chi connectivity index (χ0) is 14.8. The number of benzene rings is 2. The van der Waals surface area contributed by atoms with E-state index in [9.17, 15) is 0 Å². The van der Waals surface area contributed by atoms with Gasteiger partial charge in [0.2, 0.25) is 0 Å². The van der Waals surface area contributed by atoms with Gasteiger partial charge in [0.15, 0.2) is 0 Å². The highest BCUT2D eigenvalue weighted by atomic mass is 35.5. The van der Waals surface area contributed by atoms with Crippen LogP contribution in [0.4, 0.5) is 0 Å². The van der Waals surface area contributed by atoms with Gasteiger partial charge in [0, 0.05) is 4.70 Å². The first-order valence-corrected chi connectivity index (χ1v) is 8.33. The molecule has 0 saturated heterocycles. The van der Waals surface area contributed by atoms with Gasteiger partial charge >= 0.3 is 0 Å². The van der Waals surface area contributed by atoms with Crippen LogP contribution in [0.25, 0.3) is 10.1 Å². The largest absolute Gasteiger partial charge is 0.491 e. The summed E-state index contributed by atoms with van der Waals surface area (Å²) in [6.45, 7) is 4.05. The maximum absolute atomic E-state index is 6.71. The number of thiophene rings is 1. The monoisotopic (exact) mass is 316 g/mol. The Morgan fingerprint density at radius 1 is 1.05 bits per heavy atom. The first-order valence-electron chi connectivity index (χ1n) is 7.02. The summed E-state index contributed by atoms with van der Waals surface area (Å²) in [5.74, 6) is 0.868. The molecule has 0 spiro atoms. The molecule has 21 heavy (non-hydrogen) atoms. The van der Waals surface area contributed by atoms with Crippen molar-refractivity contribution in [1.82, 2.24) is 0 Å². The fourth-order valence-electron chi connectivity index (χ4n) is 2.39. The lowest BCUT2D eigenvalue weighted by molar-refractivity contribution is 0.242. The average Bonchev–Trinajstić information content (AvgIpc) is 2.90. The van der Waals surface area contributed by atoms with Crippen molar-refractivity contribution in [3.63, 3.8) is 0 Å². The molecule has 1 unspecified atom stereocenters. The van der Waals surface area contributed by atoms with Crippen molar-refractivity contribution in [3.05, 3.63) is 65.0 Å². The fraction of sp³-hybridized carbons (Fsp3) is 0.222. The van der Waals surface area contributed by atoms with Gasteiger partial charge in [-0.2, -0.15) is 0 Å². The first kappa shape index (κ1) is 14.4. The minimum Gasteiger partial charge on any atom is -0.491 e. The summed E-state index contributed by atoms with van der Waals surface area (Å²) in [4.78, 5) is 0. The maximum atomic E-state index is 6.71. The highest BCUT2D eigenvalue weighted by Crippen LogP contribution is 2.38. The lowest BCUT2D eigenvalue weighted by Crippen LogP contribution is -2.05. The number of hydrogen-bond acceptors (Lipinski definition) is 2. The van der Waals surface area contributed by atoms with Gasteiger partial charge in [-0.1, -0.05) is 30.3 Å². The number of rotatable bonds is 4. The molecule has 1 heterocycles. The van der Waals surface area contributed by atoms with Gasteiger partial charge in [-0.25, -0.2) is 0 Å². The van der Waals surface area contributed by atoms with E-state index in [1.807, 2.05) is 32.0 Å². The molecule has 0 N–H and O–H groups in total. The summed E-state index contributed by atoms with van der Waals surface area (Å²) >= 11 is 8.45. The molecule has 1 aromatic heterocycles. The molecule has 0 aliphatic rings. The summed E-state index contributed by atoms with van der Waals surface area (Å²) in [5.41, 5.74) is 2.23. The number of hydrogen-bond donors (Lipinski definition) is 0. The van der Waals surface area contributed by atoms with Crippen LogP contribution in [0.15, 0.2) is 53.9 Å². The number of ether oxygens (including phenoxy) is 1. The molecule has 3 rings (SSSR count). The van der Waals surface area contributed by atoms with E-state index in [4.69, 9.17) is 16.3 Å². The standard InChI is InChI=1S/C18H17ClOS/c1-12(2)20-14-7-5-6-13(10-14)18(19)16-11-21-17-9-4-3-8-15(16)17/h3-12,18H,1-2H3. The van der Waals surface area contributed by atoms with Crippen LogP contribution in [-0.4, -0.2) is 6.10 Å². The third-order valence-electron chi connectivity index (χ3n) is 3.31. The Bertz CT molecular complexity index is 748. The molecule has 0 amide bonds. The number of halogens is 1. The van der Waals surface area contributed by atoms with Crippen molar-refractivity contribution in [2.45, 2.75) is 25.3 Å². The summed E-state index contributed by atoms with van der Waals surface area (Å²) in [6.07, 6.45) is 0.163. The second-order valence-corrected chi connectivity index (χ2v) is 6.64. The molecular weight excluding hydrogens is 300 g/mol. The minimum atomic E-state index is -0.156. The molecule has 1 atom stereocenters. The number of alkyl halides is 1. The molecule has 0 aliphatic heterocycles. The van der Waals surface area contributed by atoms with Crippen molar-refractivity contribution < 1.29 is 4.74 Å². The van der Waals surface area contributed by atoms with Crippen LogP contribution in [0.1, 0.15) is 30.4 Å². The van der Waals surface area contributed by atoms with Gasteiger partial charge < -0.3 is 4.74 Å². The van der Waals surface area contributed by atoms with Crippen molar-refractivity contribution in [2.75, 3.05) is 0 Å². The van der Waals surface area contributed by atoms with Crippen molar-refractivity contribution in [3.8, 4) is 5.75 Å². The molecular formula is C18H17ClOS. The van der Waals surface area contributed by atoms with Crippen LogP contribution in [0, 0.1) is 0 Å². The van der Waals surface area contributed by atoms with Crippen LogP contribution in [-0.2, 0) is 0 Å². The second-order valence-electron chi connectivity index (χ2n) is 5.29. The third kappa shape index (κ3) is 3.07. The Morgan fingerprint density at radius 2 is 1.86 bits per heavy atom. The maximum Gasteiger partial charge on any atom is 0.120 e. The van der Waals surface area contributed by atoms with Crippen molar-refractivity contribution in [2.24, 2.45) is 0 Å². The SMILES string of the molecule is CC(C)Oc1cccc(C(Cl)c2csc3ccccc23)c1. The van der Waals surface area contributed by atoms with E-state index in [0.717, 1.165) is 11.3 Å². The van der Waals surface area contributed by atoms with E-state index in [1.165, 1.54) is 15.6 Å². The summed E-state index contributed by atoms with van der Waals surface area (Å²) < 4.78 is 7.02. The van der Waals surface area contributed by atoms with Crippen LogP contribution < -0.4 is 4.74 Å². The molecule has 0 bridgehead atoms. The summed E-state index contributed by atoms with van der Waals surface area (Å²) in [6, 6.07) is 16.4. The predicted octanol–water partition coefficient (Wildman–Crippen LogP) is 6.02. The normalized spacial score (nSPS) is 12.8. The molecule has 108 valence electrons. The topological polar surface area (TPSA) is 9.23 Å². The van der Waals surface area contributed by atoms with Gasteiger partial charge in [-0.3, -0.25) is 0 Å². The minimum absolute atomic E-state index is 0.156. The quantitative estimate of drug-likeness (QED) is 0.535. The van der Waals surface area contributed by atoms with Gasteiger partial charge in [-0.05, 0) is 53.9 Å². The van der Waals surface area contributed by atoms with Gasteiger partial charge in [0.25, 0.3) is 0 Å². The van der Waals surface area contributed by atoms with Crippen LogP contribution in [0.2, 0.25) is 0 Å². The van der Waals surface area contributed by atoms with Crippen molar-refractivity contribution in [1.29, 1.82) is 0 Å². The highest BCUT2D eigenvalue weighted by Gasteiger charge is 2.16. The van der Waals surface area contributed by atoms with Gasteiger partial charge in [0.1, 0.15) is 5.75 Å². The van der Waals surface area contributed by atoms with E-state index < -0.39 is 0 Å². The van der Waals surface area contributed by atoms with E-state index in [1.54, 1.807) is 11.3 Å². The zero-order valence-corrected chi connectivity index (χ0v) is 13.6. The summed E-state index contributed by atoms with van der Waals surface area (Å²) in [5, 5.41) is 3.23. The van der Waals surface area contributed by atoms with Gasteiger partial charge in [-0.15, -0.1) is 22.9 Å². The summed E-state index contributed by atoms with van der Waals surface area (Å²) in [7, 11) is 0. The van der Waals surface area contributed by atoms with E-state index in [0.29, 0.717) is 0 Å². The Kier molecular flexibility index (Phi) is 4.18. The Morgan fingerprint density at radius 3 is 2.67 bits per heavy atom. The van der Waals surface area contributed by atoms with Crippen molar-refractivity contribution >= 4 is 33.0 Å². The fourth-order valence-corrected chi connectivity index (χ4v) is 3.77. The van der Waals surface area contributed by atoms with E-state index >= 15 is 0 Å². The molecule has 0 aliphatic carbocycles. The molecule has 3 aromatic rings. The van der Waals surface area contributed by atoms with Crippen LogP contribution in [0.3, 0.4) is 0 Å². The first-order chi connectivity index (χ1) is 10.1. The Hall–Kier alpha value is -1.51. The molecule has 1 nitrogen and oxygen atoms in total. The van der Waals surface area contributed by atoms with Crippen LogP contribution >= 0.6 is 22.9 Å². The second kappa shape index (κ2) is 6.08. The Labute approximate surface area is 134 Å². The lowest BCUT2D eigenvalue weighted by atomic mass is 10.0. The average molecular weight is 317 g/mol. The molecule has 0 radical (unpaired) electrons. The lowest BCUT2D eigenvalue weighted by Gasteiger charge is -2.13. The highest BCUT2D eigenvalue weighted by molar-refractivity contribution is 7.17. The molecule has 0 saturated carbocycles. The zero-order valence-electron chi connectivity index (χ0n) is 12.0. The number of fused-ring (bicyclic) bond motifs is 1. The molecule has 0 fully saturated rings. The van der Waals surface area contributed by atoms with Gasteiger partial charge in [0.05, 0.1) is 11.5 Å². The third-order valence-corrected chi connectivity index (χ3v) is 4.78. The van der Waals surface area contributed by atoms with Crippen LogP contribution in [0.5, 0.6) is 5.75 Å². The smallest absolute Gasteiger partial charge is 0.120 e. The Balaban J connectivity index is 1.96. The predicted molar refractivity (Wildman–Crippen MR) is 91.7 cm³/mol. The van der Waals surface area contributed by atoms with E-state index in [-0.39, 0.29) is 11.5 Å². The molecule has 2 aromatic carbocycles.